The van der Waals surface area contributed by atoms with Crippen LogP contribution >= 0.6 is 0 Å². The molecule has 0 bridgehead atoms. The fraction of sp³-hybridized carbons (Fsp3) is 0.979. The summed E-state index contributed by atoms with van der Waals surface area (Å²) in [4.78, 5) is 13.0. The summed E-state index contributed by atoms with van der Waals surface area (Å²) in [6.45, 7) is 3.64. The van der Waals surface area contributed by atoms with E-state index in [4.69, 9.17) is 9.47 Å². The second-order valence-corrected chi connectivity index (χ2v) is 22.7. The van der Waals surface area contributed by atoms with Crippen LogP contribution in [0.25, 0.3) is 0 Å². The summed E-state index contributed by atoms with van der Waals surface area (Å²) in [5.74, 6) is -0.250. The molecule has 10 nitrogen and oxygen atoms in total. The average Bonchev–Trinajstić information content (AvgIpc) is 3.25. The zero-order valence-corrected chi connectivity index (χ0v) is 41.9. The van der Waals surface area contributed by atoms with Crippen molar-refractivity contribution in [3.05, 3.63) is 0 Å². The minimum absolute atomic E-state index is 0.250. The molecule has 1 aliphatic rings. The van der Waals surface area contributed by atoms with E-state index in [-0.39, 0.29) is 12.5 Å². The molecule has 1 saturated heterocycles. The first-order valence-electron chi connectivity index (χ1n) is 25.0. The van der Waals surface area contributed by atoms with Crippen LogP contribution in [-0.2, 0) is 14.3 Å². The SMILES string of the molecule is CCCCCCCCCCCCCC[C@@H](O)[C@@H](O)[C@H](CO[C@H]1O[C@H](CO)[C@H](O)[C@H](O)[C@H]1O)NC(=O)CCCCCCCCCC[Se]CCCCC[Se]CCCCCCCC. The van der Waals surface area contributed by atoms with Crippen molar-refractivity contribution in [3.8, 4) is 0 Å². The molecule has 8 atom stereocenters. The van der Waals surface area contributed by atoms with Gasteiger partial charge in [0.15, 0.2) is 6.29 Å². The standard InChI is InChI=1S/C48H95NO9Se2/c1-3-5-7-9-11-12-13-14-15-18-21-26-32-41(51)44(53)40(39-57-48-47(56)46(55)45(54)42(38-50)58-48)49-43(52)33-27-22-19-16-17-20-24-29-35-60-37-31-25-30-36-59-34-28-23-10-8-6-4-2/h40-42,44-48,50-51,53-56H,3-39H2,1-2H3,(H,49,52)/t40-,41+,42+,44-,45-,46-,47+,48-/m0/s1. The fourth-order valence-corrected chi connectivity index (χ4v) is 12.1. The van der Waals surface area contributed by atoms with E-state index in [0.717, 1.165) is 68.4 Å². The van der Waals surface area contributed by atoms with Gasteiger partial charge in [-0.05, 0) is 6.42 Å². The van der Waals surface area contributed by atoms with Gasteiger partial charge in [-0.15, -0.1) is 0 Å². The maximum atomic E-state index is 13.0. The van der Waals surface area contributed by atoms with Crippen molar-refractivity contribution < 1.29 is 44.9 Å². The predicted molar refractivity (Wildman–Crippen MR) is 249 cm³/mol. The molecule has 0 aliphatic carbocycles. The third-order valence-electron chi connectivity index (χ3n) is 12.0. The monoisotopic (exact) mass is 990 g/mol. The van der Waals surface area contributed by atoms with E-state index in [2.05, 4.69) is 19.2 Å². The summed E-state index contributed by atoms with van der Waals surface area (Å²) in [7, 11) is 0. The van der Waals surface area contributed by atoms with Crippen molar-refractivity contribution >= 4 is 35.8 Å². The first-order chi connectivity index (χ1) is 29.3. The Morgan fingerprint density at radius 2 is 0.967 bits per heavy atom. The van der Waals surface area contributed by atoms with Gasteiger partial charge in [-0.25, -0.2) is 0 Å². The number of amides is 1. The maximum absolute atomic E-state index is 13.0. The number of unbranched alkanes of at least 4 members (excludes halogenated alkanes) is 25. The van der Waals surface area contributed by atoms with Crippen molar-refractivity contribution in [2.45, 2.75) is 283 Å². The molecule has 60 heavy (non-hydrogen) atoms. The molecule has 0 saturated carbocycles. The third-order valence-corrected chi connectivity index (χ3v) is 16.8. The van der Waals surface area contributed by atoms with E-state index in [9.17, 15) is 35.4 Å². The number of aliphatic hydroxyl groups excluding tert-OH is 6. The second-order valence-electron chi connectivity index (χ2n) is 17.6. The number of rotatable bonds is 44. The zero-order chi connectivity index (χ0) is 43.9. The van der Waals surface area contributed by atoms with Crippen molar-refractivity contribution in [1.82, 2.24) is 5.32 Å². The molecular formula is C48H95NO9Se2. The molecule has 7 N–H and O–H groups in total. The molecule has 0 spiro atoms. The topological polar surface area (TPSA) is 169 Å². The van der Waals surface area contributed by atoms with Crippen molar-refractivity contribution in [2.75, 3.05) is 13.2 Å². The predicted octanol–water partition coefficient (Wildman–Crippen LogP) is 9.22. The molecule has 358 valence electrons. The van der Waals surface area contributed by atoms with Crippen LogP contribution in [0.1, 0.15) is 213 Å². The van der Waals surface area contributed by atoms with Gasteiger partial charge in [0.05, 0.1) is 25.4 Å². The van der Waals surface area contributed by atoms with Crippen molar-refractivity contribution in [3.63, 3.8) is 0 Å². The quantitative estimate of drug-likeness (QED) is 0.0233. The van der Waals surface area contributed by atoms with Crippen LogP contribution in [-0.4, -0.2) is 129 Å². The van der Waals surface area contributed by atoms with Crippen molar-refractivity contribution in [1.29, 1.82) is 0 Å². The number of carbonyl (C=O) groups excluding carboxylic acids is 1. The first kappa shape index (κ1) is 58.2. The van der Waals surface area contributed by atoms with Crippen molar-refractivity contribution in [2.24, 2.45) is 0 Å². The Hall–Kier alpha value is 0.189. The van der Waals surface area contributed by atoms with Gasteiger partial charge in [-0.1, -0.05) is 84.0 Å². The Morgan fingerprint density at radius 3 is 1.42 bits per heavy atom. The van der Waals surface area contributed by atoms with E-state index in [1.54, 1.807) is 0 Å². The molecule has 0 aromatic rings. The van der Waals surface area contributed by atoms with Gasteiger partial charge in [-0.3, -0.25) is 0 Å². The summed E-state index contributed by atoms with van der Waals surface area (Å²) in [6.07, 6.45) is 27.4. The second kappa shape index (κ2) is 41.9. The normalized spacial score (nSPS) is 21.0. The number of nitrogens with one attached hydrogen (secondary N) is 1. The first-order valence-corrected chi connectivity index (χ1v) is 29.8. The molecule has 0 unspecified atom stereocenters. The molecule has 1 fully saturated rings. The molecule has 0 aromatic carbocycles. The Kier molecular flexibility index (Phi) is 40.6. The van der Waals surface area contributed by atoms with Gasteiger partial charge in [0.25, 0.3) is 0 Å². The van der Waals surface area contributed by atoms with E-state index in [1.165, 1.54) is 169 Å². The Bertz CT molecular complexity index is 938. The van der Waals surface area contributed by atoms with E-state index >= 15 is 0 Å². The van der Waals surface area contributed by atoms with E-state index in [1.807, 2.05) is 0 Å². The molecule has 1 amide bonds. The minimum atomic E-state index is -1.60. The van der Waals surface area contributed by atoms with Crippen LogP contribution in [0.15, 0.2) is 0 Å². The number of hydrogen-bond donors (Lipinski definition) is 7. The molecule has 12 heteroatoms. The van der Waals surface area contributed by atoms with Gasteiger partial charge >= 0.3 is 190 Å². The number of hydrogen-bond acceptors (Lipinski definition) is 9. The van der Waals surface area contributed by atoms with Crippen LogP contribution < -0.4 is 5.32 Å². The van der Waals surface area contributed by atoms with Crippen LogP contribution in [0, 0.1) is 0 Å². The van der Waals surface area contributed by atoms with Crippen LogP contribution in [0.4, 0.5) is 0 Å². The molecular weight excluding hydrogens is 892 g/mol. The summed E-state index contributed by atoms with van der Waals surface area (Å²) < 4.78 is 11.2. The Labute approximate surface area is 380 Å². The summed E-state index contributed by atoms with van der Waals surface area (Å²) in [5.41, 5.74) is 0. The summed E-state index contributed by atoms with van der Waals surface area (Å²) in [6, 6.07) is -0.983. The molecule has 0 aromatic heterocycles. The Morgan fingerprint density at radius 1 is 0.567 bits per heavy atom. The number of aliphatic hydroxyl groups is 6. The van der Waals surface area contributed by atoms with Crippen LogP contribution in [0.2, 0.25) is 21.3 Å². The molecule has 1 rings (SSSR count). The van der Waals surface area contributed by atoms with E-state index in [0.29, 0.717) is 12.8 Å². The number of ether oxygens (including phenoxy) is 2. The summed E-state index contributed by atoms with van der Waals surface area (Å²) >= 11 is 1.70. The molecule has 1 aliphatic heterocycles. The van der Waals surface area contributed by atoms with Gasteiger partial charge in [0.1, 0.15) is 30.5 Å². The van der Waals surface area contributed by atoms with Gasteiger partial charge in [0, 0.05) is 0 Å². The Balaban J connectivity index is 2.26. The van der Waals surface area contributed by atoms with Crippen LogP contribution in [0.5, 0.6) is 0 Å². The average molecular weight is 988 g/mol. The fourth-order valence-electron chi connectivity index (χ4n) is 7.87. The summed E-state index contributed by atoms with van der Waals surface area (Å²) in [5, 5.41) is 71.1. The van der Waals surface area contributed by atoms with Crippen LogP contribution in [0.3, 0.4) is 0 Å². The molecule has 0 radical (unpaired) electrons. The van der Waals surface area contributed by atoms with Gasteiger partial charge in [0.2, 0.25) is 0 Å². The van der Waals surface area contributed by atoms with E-state index < -0.39 is 55.6 Å². The van der Waals surface area contributed by atoms with Gasteiger partial charge < -0.3 is 40.1 Å². The third kappa shape index (κ3) is 31.1. The number of carbonyl (C=O) groups is 1. The molecule has 1 heterocycles. The zero-order valence-electron chi connectivity index (χ0n) is 38.5. The van der Waals surface area contributed by atoms with Gasteiger partial charge in [-0.2, -0.15) is 0 Å².